The van der Waals surface area contributed by atoms with Crippen molar-refractivity contribution in [3.8, 4) is 0 Å². The largest absolute Gasteiger partial charge is 0.416 e. The molecule has 1 fully saturated rings. The van der Waals surface area contributed by atoms with E-state index in [4.69, 9.17) is 5.73 Å². The van der Waals surface area contributed by atoms with Gasteiger partial charge >= 0.3 is 6.18 Å². The second kappa shape index (κ2) is 4.92. The molecule has 1 aliphatic rings. The molecule has 0 aliphatic carbocycles. The van der Waals surface area contributed by atoms with Gasteiger partial charge < -0.3 is 15.5 Å². The van der Waals surface area contributed by atoms with Gasteiger partial charge in [0.1, 0.15) is 0 Å². The first-order chi connectivity index (χ1) is 8.77. The molecule has 1 aromatic rings. The fourth-order valence-electron chi connectivity index (χ4n) is 2.38. The first-order valence-electron chi connectivity index (χ1n) is 6.16. The number of benzene rings is 1. The zero-order chi connectivity index (χ0) is 14.2. The van der Waals surface area contributed by atoms with Crippen LogP contribution in [-0.4, -0.2) is 38.1 Å². The van der Waals surface area contributed by atoms with E-state index in [-0.39, 0.29) is 5.69 Å². The van der Waals surface area contributed by atoms with E-state index in [1.54, 1.807) is 6.07 Å². The van der Waals surface area contributed by atoms with E-state index < -0.39 is 11.7 Å². The van der Waals surface area contributed by atoms with E-state index in [0.29, 0.717) is 11.7 Å². The third-order valence-corrected chi connectivity index (χ3v) is 3.53. The van der Waals surface area contributed by atoms with E-state index in [1.165, 1.54) is 6.07 Å². The lowest BCUT2D eigenvalue weighted by molar-refractivity contribution is -0.137. The number of likely N-dealkylation sites (N-methyl/N-ethyl adjacent to an activating group) is 1. The minimum absolute atomic E-state index is 0.151. The van der Waals surface area contributed by atoms with Gasteiger partial charge in [0.05, 0.1) is 5.56 Å². The van der Waals surface area contributed by atoms with Crippen LogP contribution >= 0.6 is 0 Å². The smallest absolute Gasteiger partial charge is 0.399 e. The van der Waals surface area contributed by atoms with E-state index >= 15 is 0 Å². The number of anilines is 2. The van der Waals surface area contributed by atoms with E-state index in [2.05, 4.69) is 4.90 Å². The molecule has 0 saturated carbocycles. The molecule has 1 atom stereocenters. The van der Waals surface area contributed by atoms with Crippen LogP contribution in [0.5, 0.6) is 0 Å². The Balaban J connectivity index is 2.24. The molecule has 0 aromatic heterocycles. The van der Waals surface area contributed by atoms with Gasteiger partial charge in [0, 0.05) is 30.5 Å². The molecule has 0 amide bonds. The molecule has 106 valence electrons. The fourth-order valence-corrected chi connectivity index (χ4v) is 2.38. The Labute approximate surface area is 110 Å². The number of nitrogen functional groups attached to an aromatic ring is 1. The van der Waals surface area contributed by atoms with Gasteiger partial charge in [-0.25, -0.2) is 0 Å². The minimum atomic E-state index is -4.36. The lowest BCUT2D eigenvalue weighted by Crippen LogP contribution is -2.31. The molecule has 6 heteroatoms. The highest BCUT2D eigenvalue weighted by molar-refractivity contribution is 5.59. The third-order valence-electron chi connectivity index (χ3n) is 3.53. The van der Waals surface area contributed by atoms with Crippen LogP contribution in [0.15, 0.2) is 18.2 Å². The number of halogens is 3. The summed E-state index contributed by atoms with van der Waals surface area (Å²) in [5.41, 5.74) is 5.60. The van der Waals surface area contributed by atoms with Crippen LogP contribution in [0, 0.1) is 0 Å². The van der Waals surface area contributed by atoms with Crippen molar-refractivity contribution in [1.82, 2.24) is 4.90 Å². The third kappa shape index (κ3) is 3.12. The highest BCUT2D eigenvalue weighted by Crippen LogP contribution is 2.34. The Hall–Kier alpha value is -1.43. The standard InChI is InChI=1S/C13H18F3N3/c1-18(2)11-3-4-19(8-11)12-6-9(13(14,15)16)5-10(17)7-12/h5-7,11H,3-4,8,17H2,1-2H3/t11-/m0/s1. The van der Waals surface area contributed by atoms with Crippen LogP contribution in [0.4, 0.5) is 24.5 Å². The molecule has 1 heterocycles. The topological polar surface area (TPSA) is 32.5 Å². The van der Waals surface area contributed by atoms with Gasteiger partial charge in [0.25, 0.3) is 0 Å². The molecule has 2 N–H and O–H groups in total. The Morgan fingerprint density at radius 1 is 1.26 bits per heavy atom. The fraction of sp³-hybridized carbons (Fsp3) is 0.538. The first kappa shape index (κ1) is 14.0. The van der Waals surface area contributed by atoms with Gasteiger partial charge in [-0.3, -0.25) is 0 Å². The molecule has 0 spiro atoms. The predicted molar refractivity (Wildman–Crippen MR) is 70.2 cm³/mol. The molecule has 0 bridgehead atoms. The van der Waals surface area contributed by atoms with Crippen LogP contribution in [0.3, 0.4) is 0 Å². The van der Waals surface area contributed by atoms with Gasteiger partial charge in [-0.05, 0) is 38.7 Å². The zero-order valence-corrected chi connectivity index (χ0v) is 11.0. The van der Waals surface area contributed by atoms with Crippen molar-refractivity contribution in [3.05, 3.63) is 23.8 Å². The van der Waals surface area contributed by atoms with Gasteiger partial charge in [-0.1, -0.05) is 0 Å². The summed E-state index contributed by atoms with van der Waals surface area (Å²) in [7, 11) is 3.96. The maximum Gasteiger partial charge on any atom is 0.416 e. The van der Waals surface area contributed by atoms with Gasteiger partial charge in [0.2, 0.25) is 0 Å². The number of hydrogen-bond donors (Lipinski definition) is 1. The summed E-state index contributed by atoms with van der Waals surface area (Å²) < 4.78 is 38.3. The summed E-state index contributed by atoms with van der Waals surface area (Å²) in [4.78, 5) is 4.05. The minimum Gasteiger partial charge on any atom is -0.399 e. The molecule has 2 rings (SSSR count). The van der Waals surface area contributed by atoms with E-state index in [9.17, 15) is 13.2 Å². The van der Waals surface area contributed by atoms with Crippen LogP contribution < -0.4 is 10.6 Å². The van der Waals surface area contributed by atoms with Crippen molar-refractivity contribution in [1.29, 1.82) is 0 Å². The molecule has 1 aliphatic heterocycles. The Morgan fingerprint density at radius 2 is 1.95 bits per heavy atom. The molecular weight excluding hydrogens is 255 g/mol. The number of hydrogen-bond acceptors (Lipinski definition) is 3. The lowest BCUT2D eigenvalue weighted by Gasteiger charge is -2.23. The molecule has 0 radical (unpaired) electrons. The van der Waals surface area contributed by atoms with Crippen molar-refractivity contribution in [2.45, 2.75) is 18.6 Å². The normalized spacial score (nSPS) is 20.3. The summed E-state index contributed by atoms with van der Waals surface area (Å²) in [5, 5.41) is 0. The monoisotopic (exact) mass is 273 g/mol. The molecular formula is C13H18F3N3. The van der Waals surface area contributed by atoms with Gasteiger partial charge in [-0.15, -0.1) is 0 Å². The van der Waals surface area contributed by atoms with Gasteiger partial charge in [0.15, 0.2) is 0 Å². The highest BCUT2D eigenvalue weighted by Gasteiger charge is 2.32. The Kier molecular flexibility index (Phi) is 3.62. The van der Waals surface area contributed by atoms with E-state index in [1.807, 2.05) is 19.0 Å². The summed E-state index contributed by atoms with van der Waals surface area (Å²) in [6.07, 6.45) is -3.41. The van der Waals surface area contributed by atoms with E-state index in [0.717, 1.165) is 25.6 Å². The van der Waals surface area contributed by atoms with Crippen molar-refractivity contribution in [2.24, 2.45) is 0 Å². The van der Waals surface area contributed by atoms with Gasteiger partial charge in [-0.2, -0.15) is 13.2 Å². The summed E-state index contributed by atoms with van der Waals surface area (Å²) in [6.45, 7) is 1.48. The van der Waals surface area contributed by atoms with Crippen LogP contribution in [-0.2, 0) is 6.18 Å². The number of alkyl halides is 3. The molecule has 0 unspecified atom stereocenters. The van der Waals surface area contributed by atoms with Crippen LogP contribution in [0.25, 0.3) is 0 Å². The SMILES string of the molecule is CN(C)[C@H]1CCN(c2cc(N)cc(C(F)(F)F)c2)C1. The lowest BCUT2D eigenvalue weighted by atomic mass is 10.1. The maximum atomic E-state index is 12.8. The summed E-state index contributed by atoms with van der Waals surface area (Å²) in [6, 6.07) is 4.13. The van der Waals surface area contributed by atoms with Crippen molar-refractivity contribution < 1.29 is 13.2 Å². The van der Waals surface area contributed by atoms with Crippen molar-refractivity contribution in [2.75, 3.05) is 37.8 Å². The molecule has 19 heavy (non-hydrogen) atoms. The first-order valence-corrected chi connectivity index (χ1v) is 6.16. The number of nitrogens with two attached hydrogens (primary N) is 1. The molecule has 1 saturated heterocycles. The Bertz CT molecular complexity index is 457. The number of rotatable bonds is 2. The molecule has 1 aromatic carbocycles. The van der Waals surface area contributed by atoms with Crippen molar-refractivity contribution in [3.63, 3.8) is 0 Å². The maximum absolute atomic E-state index is 12.8. The zero-order valence-electron chi connectivity index (χ0n) is 11.0. The van der Waals surface area contributed by atoms with Crippen LogP contribution in [0.1, 0.15) is 12.0 Å². The summed E-state index contributed by atoms with van der Waals surface area (Å²) >= 11 is 0. The van der Waals surface area contributed by atoms with Crippen LogP contribution in [0.2, 0.25) is 0 Å². The average Bonchev–Trinajstić information content (AvgIpc) is 2.76. The van der Waals surface area contributed by atoms with Crippen molar-refractivity contribution >= 4 is 11.4 Å². The summed E-state index contributed by atoms with van der Waals surface area (Å²) in [5.74, 6) is 0. The second-order valence-electron chi connectivity index (χ2n) is 5.16. The Morgan fingerprint density at radius 3 is 2.47 bits per heavy atom. The predicted octanol–water partition coefficient (Wildman–Crippen LogP) is 2.43. The second-order valence-corrected chi connectivity index (χ2v) is 5.16. The average molecular weight is 273 g/mol. The highest BCUT2D eigenvalue weighted by atomic mass is 19.4. The quantitative estimate of drug-likeness (QED) is 0.840. The molecule has 3 nitrogen and oxygen atoms in total. The number of nitrogens with zero attached hydrogens (tertiary/aromatic N) is 2.